The molecule has 4 nitrogen and oxygen atoms in total. The number of hydrogen-bond acceptors (Lipinski definition) is 3. The number of hydrogen-bond donors (Lipinski definition) is 2. The average Bonchev–Trinajstić information content (AvgIpc) is 2.78. The Bertz CT molecular complexity index is 233. The minimum absolute atomic E-state index is 0.469. The molecule has 13 heavy (non-hydrogen) atoms. The summed E-state index contributed by atoms with van der Waals surface area (Å²) in [5.41, 5.74) is 0. The lowest BCUT2D eigenvalue weighted by molar-refractivity contribution is -0.142. The van der Waals surface area contributed by atoms with Crippen LogP contribution in [0.25, 0.3) is 0 Å². The third kappa shape index (κ3) is 1.58. The quantitative estimate of drug-likeness (QED) is 0.586. The molecule has 0 bridgehead atoms. The van der Waals surface area contributed by atoms with Gasteiger partial charge >= 0.3 is 13.0 Å². The molecule has 2 N–H and O–H groups in total. The molecule has 2 unspecified atom stereocenters. The maximum absolute atomic E-state index is 10.9. The zero-order valence-corrected chi connectivity index (χ0v) is 7.68. The van der Waals surface area contributed by atoms with Crippen molar-refractivity contribution in [2.75, 3.05) is 6.54 Å². The Morgan fingerprint density at radius 3 is 2.69 bits per heavy atom. The second kappa shape index (κ2) is 2.99. The van der Waals surface area contributed by atoms with Crippen molar-refractivity contribution in [2.24, 2.45) is 11.8 Å². The summed E-state index contributed by atoms with van der Waals surface area (Å²) in [7, 11) is -0.636. The molecule has 1 saturated heterocycles. The highest BCUT2D eigenvalue weighted by molar-refractivity contribution is 6.45. The summed E-state index contributed by atoms with van der Waals surface area (Å²) in [6, 6.07) is -0.469. The zero-order chi connectivity index (χ0) is 9.59. The smallest absolute Gasteiger partial charge is 0.377 e. The molecule has 0 spiro atoms. The summed E-state index contributed by atoms with van der Waals surface area (Å²) in [5, 5.41) is 18.3. The van der Waals surface area contributed by atoms with E-state index in [1.165, 1.54) is 0 Å². The number of nitrogens with zero attached hydrogens (tertiary/aromatic N) is 1. The Labute approximate surface area is 77.7 Å². The first-order valence-electron chi connectivity index (χ1n) is 4.76. The maximum atomic E-state index is 10.9. The van der Waals surface area contributed by atoms with Gasteiger partial charge in [-0.15, -0.1) is 0 Å². The third-order valence-electron chi connectivity index (χ3n) is 3.21. The van der Waals surface area contributed by atoms with Gasteiger partial charge in [0.05, 0.1) is 0 Å². The SMILES string of the molecule is CB(O)N1CC2CC2C[C@@H]1C(=O)O. The van der Waals surface area contributed by atoms with E-state index in [1.807, 2.05) is 0 Å². The van der Waals surface area contributed by atoms with Crippen molar-refractivity contribution in [3.8, 4) is 0 Å². The van der Waals surface area contributed by atoms with E-state index < -0.39 is 19.1 Å². The highest BCUT2D eigenvalue weighted by Crippen LogP contribution is 2.47. The van der Waals surface area contributed by atoms with Gasteiger partial charge in [-0.05, 0) is 38.0 Å². The molecular formula is C8H14BNO3. The first-order chi connectivity index (χ1) is 6.09. The molecule has 1 saturated carbocycles. The highest BCUT2D eigenvalue weighted by Gasteiger charge is 2.49. The van der Waals surface area contributed by atoms with Gasteiger partial charge in [0.2, 0.25) is 0 Å². The third-order valence-corrected chi connectivity index (χ3v) is 3.21. The van der Waals surface area contributed by atoms with E-state index >= 15 is 0 Å². The van der Waals surface area contributed by atoms with E-state index in [4.69, 9.17) is 5.11 Å². The summed E-state index contributed by atoms with van der Waals surface area (Å²) in [5.74, 6) is 0.451. The van der Waals surface area contributed by atoms with Crippen LogP contribution < -0.4 is 0 Å². The van der Waals surface area contributed by atoms with Crippen molar-refractivity contribution >= 4 is 13.0 Å². The lowest BCUT2D eigenvalue weighted by Gasteiger charge is -2.33. The van der Waals surface area contributed by atoms with Crippen molar-refractivity contribution in [3.63, 3.8) is 0 Å². The Kier molecular flexibility index (Phi) is 2.08. The van der Waals surface area contributed by atoms with Crippen molar-refractivity contribution in [2.45, 2.75) is 25.7 Å². The molecule has 1 heterocycles. The van der Waals surface area contributed by atoms with Crippen molar-refractivity contribution < 1.29 is 14.9 Å². The normalized spacial score (nSPS) is 38.2. The number of aliphatic carboxylic acids is 1. The highest BCUT2D eigenvalue weighted by atomic mass is 16.4. The lowest BCUT2D eigenvalue weighted by atomic mass is 9.80. The Morgan fingerprint density at radius 2 is 2.15 bits per heavy atom. The van der Waals surface area contributed by atoms with E-state index in [2.05, 4.69) is 0 Å². The minimum Gasteiger partial charge on any atom is -0.480 e. The molecule has 0 aromatic rings. The van der Waals surface area contributed by atoms with E-state index in [0.29, 0.717) is 18.3 Å². The number of fused-ring (bicyclic) bond motifs is 1. The fourth-order valence-electron chi connectivity index (χ4n) is 2.30. The molecule has 0 aromatic heterocycles. The van der Waals surface area contributed by atoms with Gasteiger partial charge in [0.25, 0.3) is 0 Å². The van der Waals surface area contributed by atoms with Gasteiger partial charge in [0, 0.05) is 0 Å². The summed E-state index contributed by atoms with van der Waals surface area (Å²) in [6.07, 6.45) is 1.86. The van der Waals surface area contributed by atoms with Crippen LogP contribution in [0.1, 0.15) is 12.8 Å². The number of carboxylic acids is 1. The van der Waals surface area contributed by atoms with Crippen molar-refractivity contribution in [1.29, 1.82) is 0 Å². The van der Waals surface area contributed by atoms with Gasteiger partial charge in [-0.1, -0.05) is 0 Å². The van der Waals surface area contributed by atoms with Gasteiger partial charge in [0.15, 0.2) is 0 Å². The van der Waals surface area contributed by atoms with Crippen LogP contribution >= 0.6 is 0 Å². The predicted octanol–water partition coefficient (Wildman–Crippen LogP) is -0.108. The zero-order valence-electron chi connectivity index (χ0n) is 7.68. The van der Waals surface area contributed by atoms with Gasteiger partial charge in [-0.2, -0.15) is 0 Å². The molecular weight excluding hydrogens is 169 g/mol. The fraction of sp³-hybridized carbons (Fsp3) is 0.875. The molecule has 2 fully saturated rings. The number of piperidine rings is 1. The standard InChI is InChI=1S/C8H14BNO3/c1-9(13)10-4-6-2-5(6)3-7(10)8(11)12/h5-7,13H,2-4H2,1H3,(H,11,12)/t5?,6?,7-/m1/s1. The van der Waals surface area contributed by atoms with Crippen LogP contribution in [0.4, 0.5) is 0 Å². The molecule has 2 rings (SSSR count). The number of carbonyl (C=O) groups is 1. The second-order valence-corrected chi connectivity index (χ2v) is 4.17. The topological polar surface area (TPSA) is 60.8 Å². The van der Waals surface area contributed by atoms with Crippen LogP contribution in [-0.4, -0.2) is 40.5 Å². The molecule has 3 atom stereocenters. The van der Waals surface area contributed by atoms with Crippen LogP contribution in [0.5, 0.6) is 0 Å². The summed E-state index contributed by atoms with van der Waals surface area (Å²) < 4.78 is 0. The fourth-order valence-corrected chi connectivity index (χ4v) is 2.30. The molecule has 5 heteroatoms. The largest absolute Gasteiger partial charge is 0.480 e. The monoisotopic (exact) mass is 183 g/mol. The van der Waals surface area contributed by atoms with Crippen LogP contribution in [0.2, 0.25) is 6.82 Å². The average molecular weight is 183 g/mol. The molecule has 0 amide bonds. The summed E-state index contributed by atoms with van der Waals surface area (Å²) in [4.78, 5) is 12.6. The molecule has 0 radical (unpaired) electrons. The van der Waals surface area contributed by atoms with Gasteiger partial charge < -0.3 is 14.9 Å². The van der Waals surface area contributed by atoms with Crippen LogP contribution in [0, 0.1) is 11.8 Å². The van der Waals surface area contributed by atoms with Gasteiger partial charge in [-0.3, -0.25) is 4.79 Å². The molecule has 1 aliphatic heterocycles. The van der Waals surface area contributed by atoms with Crippen molar-refractivity contribution in [3.05, 3.63) is 0 Å². The van der Waals surface area contributed by atoms with E-state index in [0.717, 1.165) is 13.0 Å². The predicted molar refractivity (Wildman–Crippen MR) is 48.2 cm³/mol. The number of rotatable bonds is 2. The lowest BCUT2D eigenvalue weighted by Crippen LogP contribution is -2.52. The molecule has 0 aromatic carbocycles. The van der Waals surface area contributed by atoms with E-state index in [9.17, 15) is 9.82 Å². The minimum atomic E-state index is -0.800. The molecule has 2 aliphatic rings. The molecule has 72 valence electrons. The summed E-state index contributed by atoms with van der Waals surface area (Å²) in [6.45, 7) is 2.39. The van der Waals surface area contributed by atoms with Gasteiger partial charge in [-0.25, -0.2) is 0 Å². The Hall–Kier alpha value is -0.545. The second-order valence-electron chi connectivity index (χ2n) is 4.17. The van der Waals surface area contributed by atoms with E-state index in [1.54, 1.807) is 11.6 Å². The van der Waals surface area contributed by atoms with Gasteiger partial charge in [0.1, 0.15) is 6.04 Å². The Morgan fingerprint density at radius 1 is 1.46 bits per heavy atom. The first kappa shape index (κ1) is 9.03. The van der Waals surface area contributed by atoms with Crippen molar-refractivity contribution in [1.82, 2.24) is 4.81 Å². The van der Waals surface area contributed by atoms with Crippen LogP contribution in [0.3, 0.4) is 0 Å². The Balaban J connectivity index is 2.07. The van der Waals surface area contributed by atoms with Crippen LogP contribution in [-0.2, 0) is 4.79 Å². The molecule has 1 aliphatic carbocycles. The van der Waals surface area contributed by atoms with E-state index in [-0.39, 0.29) is 0 Å². The number of carboxylic acid groups (broad SMARTS) is 1. The van der Waals surface area contributed by atoms with Crippen LogP contribution in [0.15, 0.2) is 0 Å². The summed E-state index contributed by atoms with van der Waals surface area (Å²) >= 11 is 0. The maximum Gasteiger partial charge on any atom is 0.377 e. The first-order valence-corrected chi connectivity index (χ1v) is 4.76.